The second-order valence-electron chi connectivity index (χ2n) is 4.33. The lowest BCUT2D eigenvalue weighted by Crippen LogP contribution is -2.07. The van der Waals surface area contributed by atoms with Gasteiger partial charge in [0.2, 0.25) is 0 Å². The molecule has 0 spiro atoms. The van der Waals surface area contributed by atoms with Crippen molar-refractivity contribution in [3.63, 3.8) is 0 Å². The average Bonchev–Trinajstić information content (AvgIpc) is 2.62. The molecule has 0 aliphatic rings. The summed E-state index contributed by atoms with van der Waals surface area (Å²) in [6, 6.07) is 2.74. The Morgan fingerprint density at radius 1 is 1.48 bits per heavy atom. The molecule has 1 aromatic heterocycles. The predicted octanol–water partition coefficient (Wildman–Crippen LogP) is 4.08. The number of carboxylic acids is 1. The first-order valence-corrected chi connectivity index (χ1v) is 7.39. The lowest BCUT2D eigenvalue weighted by atomic mass is 10.2. The van der Waals surface area contributed by atoms with Gasteiger partial charge < -0.3 is 9.84 Å². The number of halogens is 3. The van der Waals surface area contributed by atoms with Gasteiger partial charge in [0.25, 0.3) is 0 Å². The Morgan fingerprint density at radius 2 is 2.14 bits per heavy atom. The van der Waals surface area contributed by atoms with Crippen molar-refractivity contribution < 1.29 is 14.6 Å². The third-order valence-electron chi connectivity index (χ3n) is 2.85. The van der Waals surface area contributed by atoms with Gasteiger partial charge >= 0.3 is 5.97 Å². The number of benzene rings is 1. The van der Waals surface area contributed by atoms with E-state index in [0.29, 0.717) is 0 Å². The summed E-state index contributed by atoms with van der Waals surface area (Å²) >= 11 is 15.3. The van der Waals surface area contributed by atoms with Crippen LogP contribution in [0.5, 0.6) is 5.75 Å². The van der Waals surface area contributed by atoms with Gasteiger partial charge in [-0.3, -0.25) is 4.68 Å². The van der Waals surface area contributed by atoms with Crippen molar-refractivity contribution in [1.29, 1.82) is 0 Å². The van der Waals surface area contributed by atoms with Gasteiger partial charge in [0.05, 0.1) is 20.9 Å². The van der Waals surface area contributed by atoms with Crippen LogP contribution in [0.25, 0.3) is 0 Å². The summed E-state index contributed by atoms with van der Waals surface area (Å²) in [6.45, 7) is 1.98. The molecule has 2 aromatic rings. The van der Waals surface area contributed by atoms with E-state index in [-0.39, 0.29) is 28.0 Å². The second-order valence-corrected chi connectivity index (χ2v) is 5.96. The first-order chi connectivity index (χ1) is 9.81. The third-order valence-corrected chi connectivity index (χ3v) is 4.38. The van der Waals surface area contributed by atoms with Gasteiger partial charge in [0.1, 0.15) is 12.2 Å². The van der Waals surface area contributed by atoms with Crippen molar-refractivity contribution in [3.8, 4) is 5.75 Å². The summed E-state index contributed by atoms with van der Waals surface area (Å²) < 4.78 is 8.05. The minimum atomic E-state index is -1.16. The molecule has 0 radical (unpaired) electrons. The number of hydrogen-bond donors (Lipinski definition) is 1. The van der Waals surface area contributed by atoms with Crippen molar-refractivity contribution in [2.75, 3.05) is 0 Å². The minimum absolute atomic E-state index is 0.0810. The monoisotopic (exact) mass is 392 g/mol. The number of aromatic nitrogens is 2. The largest absolute Gasteiger partial charge is 0.485 e. The Bertz CT molecular complexity index is 716. The number of carbonyl (C=O) groups is 1. The SMILES string of the molecule is Cc1nn(C)c(COc2c(Cl)cc(Cl)cc2C(=O)O)c1Br. The van der Waals surface area contributed by atoms with Crippen LogP contribution in [0, 0.1) is 6.92 Å². The molecule has 1 heterocycles. The number of aromatic carboxylic acids is 1. The molecule has 0 atom stereocenters. The number of hydrogen-bond acceptors (Lipinski definition) is 3. The van der Waals surface area contributed by atoms with Crippen molar-refractivity contribution >= 4 is 45.1 Å². The summed E-state index contributed by atoms with van der Waals surface area (Å²) in [7, 11) is 1.78. The Kier molecular flexibility index (Phi) is 4.81. The summed E-state index contributed by atoms with van der Waals surface area (Å²) in [5, 5.41) is 13.8. The second kappa shape index (κ2) is 6.25. The number of ether oxygens (including phenoxy) is 1. The molecule has 2 rings (SSSR count). The highest BCUT2D eigenvalue weighted by Crippen LogP contribution is 2.33. The number of rotatable bonds is 4. The van der Waals surface area contributed by atoms with Crippen LogP contribution in [0.2, 0.25) is 10.0 Å². The molecular formula is C13H11BrCl2N2O3. The lowest BCUT2D eigenvalue weighted by molar-refractivity contribution is 0.0691. The van der Waals surface area contributed by atoms with E-state index in [1.54, 1.807) is 11.7 Å². The first-order valence-electron chi connectivity index (χ1n) is 5.84. The fraction of sp³-hybridized carbons (Fsp3) is 0.231. The van der Waals surface area contributed by atoms with Gasteiger partial charge in [0, 0.05) is 12.1 Å². The predicted molar refractivity (Wildman–Crippen MR) is 83.4 cm³/mol. The Morgan fingerprint density at radius 3 is 2.67 bits per heavy atom. The summed E-state index contributed by atoms with van der Waals surface area (Å²) in [5.74, 6) is -1.08. The van der Waals surface area contributed by atoms with Crippen molar-refractivity contribution in [2.45, 2.75) is 13.5 Å². The molecule has 5 nitrogen and oxygen atoms in total. The van der Waals surface area contributed by atoms with E-state index in [4.69, 9.17) is 27.9 Å². The van der Waals surface area contributed by atoms with Crippen LogP contribution in [-0.2, 0) is 13.7 Å². The number of nitrogens with zero attached hydrogens (tertiary/aromatic N) is 2. The first kappa shape index (κ1) is 16.1. The summed E-state index contributed by atoms with van der Waals surface area (Å²) in [5.41, 5.74) is 1.51. The highest BCUT2D eigenvalue weighted by atomic mass is 79.9. The van der Waals surface area contributed by atoms with Crippen LogP contribution in [0.15, 0.2) is 16.6 Å². The highest BCUT2D eigenvalue weighted by molar-refractivity contribution is 9.10. The van der Waals surface area contributed by atoms with Gasteiger partial charge in [0.15, 0.2) is 5.75 Å². The topological polar surface area (TPSA) is 64.4 Å². The Hall–Kier alpha value is -1.24. The third kappa shape index (κ3) is 3.33. The number of aryl methyl sites for hydroxylation is 2. The van der Waals surface area contributed by atoms with Crippen LogP contribution in [-0.4, -0.2) is 20.9 Å². The zero-order valence-electron chi connectivity index (χ0n) is 11.2. The van der Waals surface area contributed by atoms with Crippen LogP contribution < -0.4 is 4.74 Å². The quantitative estimate of drug-likeness (QED) is 0.849. The molecule has 0 saturated carbocycles. The van der Waals surface area contributed by atoms with E-state index >= 15 is 0 Å². The molecule has 8 heteroatoms. The molecule has 1 aromatic carbocycles. The molecule has 0 aliphatic heterocycles. The van der Waals surface area contributed by atoms with Crippen LogP contribution in [0.3, 0.4) is 0 Å². The van der Waals surface area contributed by atoms with Crippen LogP contribution in [0.1, 0.15) is 21.7 Å². The van der Waals surface area contributed by atoms with Gasteiger partial charge in [-0.2, -0.15) is 5.10 Å². The molecule has 0 unspecified atom stereocenters. The fourth-order valence-electron chi connectivity index (χ4n) is 1.84. The normalized spacial score (nSPS) is 10.7. The molecular weight excluding hydrogens is 383 g/mol. The maximum absolute atomic E-state index is 11.3. The van der Waals surface area contributed by atoms with E-state index in [2.05, 4.69) is 21.0 Å². The molecule has 112 valence electrons. The van der Waals surface area contributed by atoms with Gasteiger partial charge in [-0.15, -0.1) is 0 Å². The Balaban J connectivity index is 2.34. The van der Waals surface area contributed by atoms with Gasteiger partial charge in [-0.05, 0) is 35.0 Å². The molecule has 0 aliphatic carbocycles. The number of carboxylic acid groups (broad SMARTS) is 1. The van der Waals surface area contributed by atoms with E-state index in [0.717, 1.165) is 15.9 Å². The van der Waals surface area contributed by atoms with E-state index in [1.807, 2.05) is 6.92 Å². The minimum Gasteiger partial charge on any atom is -0.485 e. The average molecular weight is 394 g/mol. The van der Waals surface area contributed by atoms with E-state index in [9.17, 15) is 9.90 Å². The van der Waals surface area contributed by atoms with Gasteiger partial charge in [-0.25, -0.2) is 4.79 Å². The molecule has 0 saturated heterocycles. The molecule has 21 heavy (non-hydrogen) atoms. The Labute approximate surface area is 139 Å². The zero-order valence-corrected chi connectivity index (χ0v) is 14.3. The molecule has 0 bridgehead atoms. The van der Waals surface area contributed by atoms with Crippen molar-refractivity contribution in [1.82, 2.24) is 9.78 Å². The summed E-state index contributed by atoms with van der Waals surface area (Å²) in [6.07, 6.45) is 0. The smallest absolute Gasteiger partial charge is 0.339 e. The van der Waals surface area contributed by atoms with E-state index < -0.39 is 5.97 Å². The zero-order chi connectivity index (χ0) is 15.7. The fourth-order valence-corrected chi connectivity index (χ4v) is 2.84. The van der Waals surface area contributed by atoms with Crippen molar-refractivity contribution in [3.05, 3.63) is 43.6 Å². The van der Waals surface area contributed by atoms with Crippen LogP contribution >= 0.6 is 39.1 Å². The maximum Gasteiger partial charge on any atom is 0.339 e. The molecule has 0 amide bonds. The van der Waals surface area contributed by atoms with Crippen molar-refractivity contribution in [2.24, 2.45) is 7.05 Å². The summed E-state index contributed by atoms with van der Waals surface area (Å²) in [4.78, 5) is 11.3. The molecule has 1 N–H and O–H groups in total. The highest BCUT2D eigenvalue weighted by Gasteiger charge is 2.18. The lowest BCUT2D eigenvalue weighted by Gasteiger charge is -2.12. The van der Waals surface area contributed by atoms with Crippen LogP contribution in [0.4, 0.5) is 0 Å². The maximum atomic E-state index is 11.3. The van der Waals surface area contributed by atoms with E-state index in [1.165, 1.54) is 12.1 Å². The standard InChI is InChI=1S/C13H11BrCl2N2O3/c1-6-11(14)10(18(2)17-6)5-21-12-8(13(19)20)3-7(15)4-9(12)16/h3-4H,5H2,1-2H3,(H,19,20). The van der Waals surface area contributed by atoms with Gasteiger partial charge in [-0.1, -0.05) is 23.2 Å². The molecule has 0 fully saturated rings.